The number of tetrazole rings is 1. The van der Waals surface area contributed by atoms with Gasteiger partial charge in [-0.15, -0.1) is 5.10 Å². The van der Waals surface area contributed by atoms with Gasteiger partial charge < -0.3 is 14.7 Å². The van der Waals surface area contributed by atoms with Crippen LogP contribution in [-0.2, 0) is 0 Å². The maximum absolute atomic E-state index is 11.0. The summed E-state index contributed by atoms with van der Waals surface area (Å²) >= 11 is 0. The van der Waals surface area contributed by atoms with Crippen LogP contribution in [-0.4, -0.2) is 80.0 Å². The van der Waals surface area contributed by atoms with E-state index in [2.05, 4.69) is 20.4 Å². The van der Waals surface area contributed by atoms with Gasteiger partial charge in [-0.05, 0) is 66.3 Å². The van der Waals surface area contributed by atoms with E-state index < -0.39 is 6.09 Å². The molecule has 1 aromatic carbocycles. The molecule has 1 amide bonds. The van der Waals surface area contributed by atoms with Crippen LogP contribution < -0.4 is 4.74 Å². The molecular weight excluding hydrogens is 360 g/mol. The minimum Gasteiger partial charge on any atom is -0.493 e. The van der Waals surface area contributed by atoms with Crippen molar-refractivity contribution in [2.75, 3.05) is 32.8 Å². The molecule has 2 aromatic rings. The Morgan fingerprint density at radius 3 is 2.39 bits per heavy atom. The lowest BCUT2D eigenvalue weighted by atomic mass is 9.85. The van der Waals surface area contributed by atoms with Gasteiger partial charge in [-0.3, -0.25) is 4.90 Å². The molecule has 0 bridgehead atoms. The molecule has 1 saturated heterocycles. The van der Waals surface area contributed by atoms with Gasteiger partial charge in [0.25, 0.3) is 0 Å². The molecule has 1 aliphatic heterocycles. The SMILES string of the molecule is O=C(O)N1CCN([C@H]2CC[C@H](COc3ccc(-n4cnnn4)cc3)CC2)CC1. The van der Waals surface area contributed by atoms with Gasteiger partial charge in [0.15, 0.2) is 0 Å². The molecule has 9 nitrogen and oxygen atoms in total. The van der Waals surface area contributed by atoms with E-state index in [0.29, 0.717) is 25.0 Å². The second kappa shape index (κ2) is 8.55. The summed E-state index contributed by atoms with van der Waals surface area (Å²) < 4.78 is 7.60. The van der Waals surface area contributed by atoms with Crippen molar-refractivity contribution in [3.63, 3.8) is 0 Å². The van der Waals surface area contributed by atoms with Crippen LogP contribution in [0, 0.1) is 5.92 Å². The van der Waals surface area contributed by atoms with Crippen LogP contribution >= 0.6 is 0 Å². The van der Waals surface area contributed by atoms with Gasteiger partial charge in [-0.25, -0.2) is 9.48 Å². The highest BCUT2D eigenvalue weighted by Gasteiger charge is 2.29. The maximum atomic E-state index is 11.0. The number of benzene rings is 1. The third kappa shape index (κ3) is 4.41. The lowest BCUT2D eigenvalue weighted by Gasteiger charge is -2.41. The summed E-state index contributed by atoms with van der Waals surface area (Å²) in [5.74, 6) is 1.44. The number of amides is 1. The van der Waals surface area contributed by atoms with Crippen LogP contribution in [0.15, 0.2) is 30.6 Å². The van der Waals surface area contributed by atoms with Crippen molar-refractivity contribution in [1.82, 2.24) is 30.0 Å². The van der Waals surface area contributed by atoms with E-state index in [4.69, 9.17) is 9.84 Å². The average molecular weight is 386 g/mol. The van der Waals surface area contributed by atoms with Gasteiger partial charge in [-0.1, -0.05) is 0 Å². The first-order valence-corrected chi connectivity index (χ1v) is 9.87. The first kappa shape index (κ1) is 18.7. The number of rotatable bonds is 5. The highest BCUT2D eigenvalue weighted by atomic mass is 16.5. The molecule has 0 spiro atoms. The Morgan fingerprint density at radius 2 is 1.79 bits per heavy atom. The maximum Gasteiger partial charge on any atom is 0.407 e. The Bertz CT molecular complexity index is 750. The van der Waals surface area contributed by atoms with Gasteiger partial charge in [0, 0.05) is 32.2 Å². The number of hydrogen-bond donors (Lipinski definition) is 1. The summed E-state index contributed by atoms with van der Waals surface area (Å²) in [6, 6.07) is 8.37. The topological polar surface area (TPSA) is 96.6 Å². The van der Waals surface area contributed by atoms with Gasteiger partial charge in [0.05, 0.1) is 12.3 Å². The number of ether oxygens (including phenoxy) is 1. The van der Waals surface area contributed by atoms with Gasteiger partial charge in [-0.2, -0.15) is 0 Å². The quantitative estimate of drug-likeness (QED) is 0.838. The normalized spacial score (nSPS) is 23.5. The lowest BCUT2D eigenvalue weighted by Crippen LogP contribution is -2.52. The monoisotopic (exact) mass is 386 g/mol. The fraction of sp³-hybridized carbons (Fsp3) is 0.579. The van der Waals surface area contributed by atoms with E-state index in [1.807, 2.05) is 24.3 Å². The van der Waals surface area contributed by atoms with Crippen molar-refractivity contribution in [2.45, 2.75) is 31.7 Å². The van der Waals surface area contributed by atoms with Crippen LogP contribution in [0.2, 0.25) is 0 Å². The number of nitrogens with zero attached hydrogens (tertiary/aromatic N) is 6. The zero-order valence-electron chi connectivity index (χ0n) is 15.9. The van der Waals surface area contributed by atoms with E-state index in [1.165, 1.54) is 17.7 Å². The molecule has 28 heavy (non-hydrogen) atoms. The van der Waals surface area contributed by atoms with E-state index in [-0.39, 0.29) is 0 Å². The molecule has 0 radical (unpaired) electrons. The van der Waals surface area contributed by atoms with E-state index in [0.717, 1.165) is 44.0 Å². The molecular formula is C19H26N6O3. The first-order valence-electron chi connectivity index (χ1n) is 9.87. The second-order valence-corrected chi connectivity index (χ2v) is 7.54. The molecule has 4 rings (SSSR count). The summed E-state index contributed by atoms with van der Waals surface area (Å²) in [6.07, 6.45) is 5.42. The van der Waals surface area contributed by atoms with Gasteiger partial charge in [0.1, 0.15) is 12.1 Å². The number of carboxylic acid groups (broad SMARTS) is 1. The highest BCUT2D eigenvalue weighted by Crippen LogP contribution is 2.29. The molecule has 2 heterocycles. The summed E-state index contributed by atoms with van der Waals surface area (Å²) in [5.41, 5.74) is 0.904. The summed E-state index contributed by atoms with van der Waals surface area (Å²) in [6.45, 7) is 3.69. The minimum atomic E-state index is -0.800. The Hall–Kier alpha value is -2.68. The first-order chi connectivity index (χ1) is 13.7. The average Bonchev–Trinajstić information content (AvgIpc) is 3.28. The summed E-state index contributed by atoms with van der Waals surface area (Å²) in [4.78, 5) is 15.0. The predicted molar refractivity (Wildman–Crippen MR) is 102 cm³/mol. The number of carbonyl (C=O) groups is 1. The van der Waals surface area contributed by atoms with Crippen LogP contribution in [0.4, 0.5) is 4.79 Å². The molecule has 1 aliphatic carbocycles. The Balaban J connectivity index is 1.19. The second-order valence-electron chi connectivity index (χ2n) is 7.54. The zero-order valence-corrected chi connectivity index (χ0v) is 15.9. The fourth-order valence-corrected chi connectivity index (χ4v) is 4.14. The largest absolute Gasteiger partial charge is 0.493 e. The van der Waals surface area contributed by atoms with Crippen molar-refractivity contribution in [3.05, 3.63) is 30.6 Å². The van der Waals surface area contributed by atoms with Gasteiger partial charge in [0.2, 0.25) is 0 Å². The molecule has 1 N–H and O–H groups in total. The third-order valence-corrected chi connectivity index (χ3v) is 5.85. The molecule has 0 atom stereocenters. The van der Waals surface area contributed by atoms with Crippen molar-refractivity contribution >= 4 is 6.09 Å². The molecule has 2 fully saturated rings. The Kier molecular flexibility index (Phi) is 5.70. The zero-order chi connectivity index (χ0) is 19.3. The fourth-order valence-electron chi connectivity index (χ4n) is 4.14. The van der Waals surface area contributed by atoms with Crippen LogP contribution in [0.3, 0.4) is 0 Å². The number of aromatic nitrogens is 4. The van der Waals surface area contributed by atoms with Crippen LogP contribution in [0.25, 0.3) is 5.69 Å². The molecule has 2 aliphatic rings. The van der Waals surface area contributed by atoms with E-state index in [1.54, 1.807) is 11.0 Å². The lowest BCUT2D eigenvalue weighted by molar-refractivity contribution is 0.0619. The van der Waals surface area contributed by atoms with Crippen LogP contribution in [0.1, 0.15) is 25.7 Å². The summed E-state index contributed by atoms with van der Waals surface area (Å²) in [7, 11) is 0. The van der Waals surface area contributed by atoms with Gasteiger partial charge >= 0.3 is 6.09 Å². The number of hydrogen-bond acceptors (Lipinski definition) is 6. The smallest absolute Gasteiger partial charge is 0.407 e. The van der Waals surface area contributed by atoms with Crippen LogP contribution in [0.5, 0.6) is 5.75 Å². The molecule has 9 heteroatoms. The van der Waals surface area contributed by atoms with E-state index in [9.17, 15) is 4.79 Å². The van der Waals surface area contributed by atoms with Crippen molar-refractivity contribution in [1.29, 1.82) is 0 Å². The van der Waals surface area contributed by atoms with Crippen molar-refractivity contribution < 1.29 is 14.6 Å². The molecule has 0 unspecified atom stereocenters. The van der Waals surface area contributed by atoms with E-state index >= 15 is 0 Å². The minimum absolute atomic E-state index is 0.579. The third-order valence-electron chi connectivity index (χ3n) is 5.85. The Labute approximate surface area is 163 Å². The Morgan fingerprint density at radius 1 is 1.07 bits per heavy atom. The number of piperazine rings is 1. The summed E-state index contributed by atoms with van der Waals surface area (Å²) in [5, 5.41) is 20.2. The van der Waals surface area contributed by atoms with Crippen molar-refractivity contribution in [2.24, 2.45) is 5.92 Å². The predicted octanol–water partition coefficient (Wildman–Crippen LogP) is 1.90. The molecule has 1 aromatic heterocycles. The van der Waals surface area contributed by atoms with Crippen molar-refractivity contribution in [3.8, 4) is 11.4 Å². The standard InChI is InChI=1S/C19H26N6O3/c26-19(27)24-11-9-23(10-12-24)16-3-1-15(2-4-16)13-28-18-7-5-17(6-8-18)25-14-20-21-22-25/h5-8,14-16H,1-4,9-13H2,(H,26,27)/t15-,16-. The highest BCUT2D eigenvalue weighted by molar-refractivity contribution is 5.65. The molecule has 150 valence electrons. The molecule has 1 saturated carbocycles.